The fourth-order valence-corrected chi connectivity index (χ4v) is 1.75. The molecule has 4 heteroatoms. The lowest BCUT2D eigenvalue weighted by atomic mass is 10.0. The maximum absolute atomic E-state index is 11.6. The van der Waals surface area contributed by atoms with Crippen molar-refractivity contribution in [1.82, 2.24) is 5.32 Å². The van der Waals surface area contributed by atoms with E-state index in [0.717, 1.165) is 0 Å². The van der Waals surface area contributed by atoms with Crippen molar-refractivity contribution in [2.75, 3.05) is 13.2 Å². The summed E-state index contributed by atoms with van der Waals surface area (Å²) in [4.78, 5) is 11.6. The van der Waals surface area contributed by atoms with Crippen LogP contribution in [-0.4, -0.2) is 30.3 Å². The van der Waals surface area contributed by atoms with Gasteiger partial charge in [0, 0.05) is 6.54 Å². The summed E-state index contributed by atoms with van der Waals surface area (Å²) in [7, 11) is 0. The predicted octanol–water partition coefficient (Wildman–Crippen LogP) is 2.47. The molecule has 1 amide bonds. The Morgan fingerprint density at radius 3 is 2.80 bits per heavy atom. The maximum atomic E-state index is 11.6. The SMILES string of the molecule is CCC(O)CCNC(=O)COc1cccc(C(C)C)c1. The predicted molar refractivity (Wildman–Crippen MR) is 80.0 cm³/mol. The van der Waals surface area contributed by atoms with Gasteiger partial charge in [-0.15, -0.1) is 0 Å². The van der Waals surface area contributed by atoms with E-state index in [0.29, 0.717) is 31.1 Å². The number of hydrogen-bond donors (Lipinski definition) is 2. The average Bonchev–Trinajstić information content (AvgIpc) is 2.45. The summed E-state index contributed by atoms with van der Waals surface area (Å²) >= 11 is 0. The number of carbonyl (C=O) groups excluding carboxylic acids is 1. The number of hydrogen-bond acceptors (Lipinski definition) is 3. The van der Waals surface area contributed by atoms with Gasteiger partial charge in [0.2, 0.25) is 0 Å². The number of aliphatic hydroxyl groups is 1. The zero-order valence-electron chi connectivity index (χ0n) is 12.6. The second kappa shape index (κ2) is 8.59. The van der Waals surface area contributed by atoms with Gasteiger partial charge in [-0.3, -0.25) is 4.79 Å². The number of ether oxygens (including phenoxy) is 1. The van der Waals surface area contributed by atoms with Crippen molar-refractivity contribution in [3.05, 3.63) is 29.8 Å². The Kier molecular flexibility index (Phi) is 7.09. The van der Waals surface area contributed by atoms with Crippen molar-refractivity contribution in [2.24, 2.45) is 0 Å². The highest BCUT2D eigenvalue weighted by molar-refractivity contribution is 5.77. The molecule has 0 aromatic heterocycles. The highest BCUT2D eigenvalue weighted by atomic mass is 16.5. The van der Waals surface area contributed by atoms with Crippen LogP contribution in [0.15, 0.2) is 24.3 Å². The summed E-state index contributed by atoms with van der Waals surface area (Å²) in [5.74, 6) is 0.978. The molecule has 1 atom stereocenters. The second-order valence-corrected chi connectivity index (χ2v) is 5.22. The molecular weight excluding hydrogens is 254 g/mol. The molecular formula is C16H25NO3. The Balaban J connectivity index is 2.32. The van der Waals surface area contributed by atoms with Gasteiger partial charge in [-0.25, -0.2) is 0 Å². The molecule has 0 aliphatic rings. The molecule has 0 aliphatic carbocycles. The first-order valence-corrected chi connectivity index (χ1v) is 7.20. The van der Waals surface area contributed by atoms with E-state index in [4.69, 9.17) is 4.74 Å². The Morgan fingerprint density at radius 1 is 1.40 bits per heavy atom. The summed E-state index contributed by atoms with van der Waals surface area (Å²) in [6.45, 7) is 6.63. The van der Waals surface area contributed by atoms with Crippen LogP contribution >= 0.6 is 0 Å². The Hall–Kier alpha value is -1.55. The van der Waals surface area contributed by atoms with Crippen LogP contribution in [0.4, 0.5) is 0 Å². The van der Waals surface area contributed by atoms with Crippen LogP contribution in [0.5, 0.6) is 5.75 Å². The monoisotopic (exact) mass is 279 g/mol. The lowest BCUT2D eigenvalue weighted by molar-refractivity contribution is -0.123. The Morgan fingerprint density at radius 2 is 2.15 bits per heavy atom. The zero-order valence-corrected chi connectivity index (χ0v) is 12.6. The molecule has 20 heavy (non-hydrogen) atoms. The van der Waals surface area contributed by atoms with Gasteiger partial charge in [-0.2, -0.15) is 0 Å². The molecule has 1 unspecified atom stereocenters. The minimum atomic E-state index is -0.348. The average molecular weight is 279 g/mol. The van der Waals surface area contributed by atoms with E-state index < -0.39 is 0 Å². The minimum Gasteiger partial charge on any atom is -0.484 e. The highest BCUT2D eigenvalue weighted by Crippen LogP contribution is 2.19. The normalized spacial score (nSPS) is 12.2. The Labute approximate surface area is 121 Å². The second-order valence-electron chi connectivity index (χ2n) is 5.22. The van der Waals surface area contributed by atoms with E-state index in [1.165, 1.54) is 5.56 Å². The molecule has 0 spiro atoms. The van der Waals surface area contributed by atoms with Crippen molar-refractivity contribution >= 4 is 5.91 Å². The summed E-state index contributed by atoms with van der Waals surface area (Å²) < 4.78 is 5.47. The van der Waals surface area contributed by atoms with Crippen molar-refractivity contribution in [3.63, 3.8) is 0 Å². The fraction of sp³-hybridized carbons (Fsp3) is 0.562. The van der Waals surface area contributed by atoms with Gasteiger partial charge in [0.1, 0.15) is 5.75 Å². The van der Waals surface area contributed by atoms with Crippen LogP contribution in [-0.2, 0) is 4.79 Å². The smallest absolute Gasteiger partial charge is 0.257 e. The van der Waals surface area contributed by atoms with Gasteiger partial charge >= 0.3 is 0 Å². The molecule has 0 saturated carbocycles. The van der Waals surface area contributed by atoms with E-state index in [1.54, 1.807) is 0 Å². The van der Waals surface area contributed by atoms with E-state index in [-0.39, 0.29) is 18.6 Å². The maximum Gasteiger partial charge on any atom is 0.257 e. The van der Waals surface area contributed by atoms with Gasteiger partial charge in [0.25, 0.3) is 5.91 Å². The van der Waals surface area contributed by atoms with Gasteiger partial charge in [-0.1, -0.05) is 32.9 Å². The number of amides is 1. The third-order valence-electron chi connectivity index (χ3n) is 3.17. The first-order chi connectivity index (χ1) is 9.52. The molecule has 0 aliphatic heterocycles. The minimum absolute atomic E-state index is 0.00374. The van der Waals surface area contributed by atoms with E-state index >= 15 is 0 Å². The van der Waals surface area contributed by atoms with Gasteiger partial charge in [0.15, 0.2) is 6.61 Å². The van der Waals surface area contributed by atoms with E-state index in [2.05, 4.69) is 19.2 Å². The number of nitrogens with one attached hydrogen (secondary N) is 1. The molecule has 0 bridgehead atoms. The van der Waals surface area contributed by atoms with Crippen molar-refractivity contribution in [3.8, 4) is 5.75 Å². The molecule has 1 rings (SSSR count). The van der Waals surface area contributed by atoms with Crippen molar-refractivity contribution < 1.29 is 14.6 Å². The first kappa shape index (κ1) is 16.5. The number of rotatable bonds is 8. The third kappa shape index (κ3) is 6.06. The molecule has 0 fully saturated rings. The third-order valence-corrected chi connectivity index (χ3v) is 3.17. The standard InChI is InChI=1S/C16H25NO3/c1-4-14(18)8-9-17-16(19)11-20-15-7-5-6-13(10-15)12(2)3/h5-7,10,12,14,18H,4,8-9,11H2,1-3H3,(H,17,19). The summed E-state index contributed by atoms with van der Waals surface area (Å²) in [5, 5.41) is 12.1. The van der Waals surface area contributed by atoms with Crippen LogP contribution in [0, 0.1) is 0 Å². The van der Waals surface area contributed by atoms with Crippen LogP contribution in [0.25, 0.3) is 0 Å². The van der Waals surface area contributed by atoms with Gasteiger partial charge in [-0.05, 0) is 36.5 Å². The van der Waals surface area contributed by atoms with E-state index in [9.17, 15) is 9.90 Å². The van der Waals surface area contributed by atoms with Crippen molar-refractivity contribution in [1.29, 1.82) is 0 Å². The van der Waals surface area contributed by atoms with Gasteiger partial charge in [0.05, 0.1) is 6.10 Å². The van der Waals surface area contributed by atoms with Crippen LogP contribution < -0.4 is 10.1 Å². The molecule has 0 heterocycles. The van der Waals surface area contributed by atoms with Crippen LogP contribution in [0.2, 0.25) is 0 Å². The molecule has 4 nitrogen and oxygen atoms in total. The van der Waals surface area contributed by atoms with Crippen molar-refractivity contribution in [2.45, 2.75) is 45.6 Å². The Bertz CT molecular complexity index is 418. The van der Waals surface area contributed by atoms with E-state index in [1.807, 2.05) is 31.2 Å². The number of benzene rings is 1. The molecule has 0 radical (unpaired) electrons. The molecule has 2 N–H and O–H groups in total. The molecule has 112 valence electrons. The van der Waals surface area contributed by atoms with Crippen LogP contribution in [0.3, 0.4) is 0 Å². The first-order valence-electron chi connectivity index (χ1n) is 7.20. The number of carbonyl (C=O) groups is 1. The lowest BCUT2D eigenvalue weighted by Gasteiger charge is -2.11. The quantitative estimate of drug-likeness (QED) is 0.768. The molecule has 0 saturated heterocycles. The van der Waals surface area contributed by atoms with Gasteiger partial charge < -0.3 is 15.2 Å². The summed E-state index contributed by atoms with van der Waals surface area (Å²) in [6, 6.07) is 7.78. The topological polar surface area (TPSA) is 58.6 Å². The molecule has 1 aromatic rings. The molecule has 1 aromatic carbocycles. The highest BCUT2D eigenvalue weighted by Gasteiger charge is 2.06. The fourth-order valence-electron chi connectivity index (χ4n) is 1.75. The summed E-state index contributed by atoms with van der Waals surface area (Å²) in [6.07, 6.45) is 0.929. The van der Waals surface area contributed by atoms with Crippen LogP contribution in [0.1, 0.15) is 45.1 Å². The summed E-state index contributed by atoms with van der Waals surface area (Å²) in [5.41, 5.74) is 1.19. The number of aliphatic hydroxyl groups excluding tert-OH is 1. The zero-order chi connectivity index (χ0) is 15.0. The largest absolute Gasteiger partial charge is 0.484 e. The lowest BCUT2D eigenvalue weighted by Crippen LogP contribution is -2.31.